The molecule has 0 fully saturated rings. The molecule has 0 saturated heterocycles. The van der Waals surface area contributed by atoms with Crippen LogP contribution in [0.2, 0.25) is 0 Å². The standard InChI is InChI=1S/C23H44O6/c1-3-5-7-9-10-11-13-15-23(25)29-21-19-27-17-16-26-18-20-28-22(24)14-12-8-6-4-2/h3-21H2,1-2H3. The molecule has 6 nitrogen and oxygen atoms in total. The Balaban J connectivity index is 3.22. The monoisotopic (exact) mass is 416 g/mol. The summed E-state index contributed by atoms with van der Waals surface area (Å²) in [5.41, 5.74) is 0. The Labute approximate surface area is 178 Å². The van der Waals surface area contributed by atoms with Gasteiger partial charge in [-0.2, -0.15) is 0 Å². The van der Waals surface area contributed by atoms with Gasteiger partial charge in [0.2, 0.25) is 0 Å². The number of carbonyl (C=O) groups excluding carboxylic acids is 2. The zero-order valence-corrected chi connectivity index (χ0v) is 18.9. The van der Waals surface area contributed by atoms with E-state index in [4.69, 9.17) is 18.9 Å². The SMILES string of the molecule is CCCCCCCCCC(=O)OCCOCCOCCOC(=O)CCCCCC. The fraction of sp³-hybridized carbons (Fsp3) is 0.913. The normalized spacial score (nSPS) is 10.8. The summed E-state index contributed by atoms with van der Waals surface area (Å²) in [5.74, 6) is -0.297. The smallest absolute Gasteiger partial charge is 0.305 e. The lowest BCUT2D eigenvalue weighted by molar-refractivity contribution is -0.147. The van der Waals surface area contributed by atoms with E-state index in [0.717, 1.165) is 38.5 Å². The van der Waals surface area contributed by atoms with E-state index in [2.05, 4.69) is 13.8 Å². The van der Waals surface area contributed by atoms with Crippen LogP contribution in [-0.2, 0) is 28.5 Å². The zero-order valence-electron chi connectivity index (χ0n) is 18.9. The second-order valence-corrected chi connectivity index (χ2v) is 7.35. The van der Waals surface area contributed by atoms with Crippen LogP contribution < -0.4 is 0 Å². The molecule has 0 saturated carbocycles. The summed E-state index contributed by atoms with van der Waals surface area (Å²) < 4.78 is 20.9. The molecule has 0 aliphatic rings. The minimum Gasteiger partial charge on any atom is -0.463 e. The number of unbranched alkanes of at least 4 members (excludes halogenated alkanes) is 9. The van der Waals surface area contributed by atoms with Crippen molar-refractivity contribution in [2.75, 3.05) is 39.6 Å². The third-order valence-electron chi connectivity index (χ3n) is 4.57. The van der Waals surface area contributed by atoms with Crippen molar-refractivity contribution in [1.82, 2.24) is 0 Å². The Bertz CT molecular complexity index is 372. The maximum atomic E-state index is 11.6. The van der Waals surface area contributed by atoms with Crippen LogP contribution in [0.3, 0.4) is 0 Å². The second kappa shape index (κ2) is 23.1. The number of hydrogen-bond donors (Lipinski definition) is 0. The summed E-state index contributed by atoms with van der Waals surface area (Å²) >= 11 is 0. The van der Waals surface area contributed by atoms with Gasteiger partial charge in [-0.3, -0.25) is 9.59 Å². The van der Waals surface area contributed by atoms with Crippen molar-refractivity contribution in [3.63, 3.8) is 0 Å². The van der Waals surface area contributed by atoms with Crippen molar-refractivity contribution in [2.24, 2.45) is 0 Å². The highest BCUT2D eigenvalue weighted by Crippen LogP contribution is 2.08. The van der Waals surface area contributed by atoms with Crippen LogP contribution in [0.4, 0.5) is 0 Å². The van der Waals surface area contributed by atoms with E-state index >= 15 is 0 Å². The van der Waals surface area contributed by atoms with Crippen LogP contribution in [0.5, 0.6) is 0 Å². The minimum absolute atomic E-state index is 0.144. The van der Waals surface area contributed by atoms with Crippen LogP contribution in [0.15, 0.2) is 0 Å². The molecular weight excluding hydrogens is 372 g/mol. The maximum absolute atomic E-state index is 11.6. The van der Waals surface area contributed by atoms with E-state index in [0.29, 0.717) is 39.3 Å². The van der Waals surface area contributed by atoms with Gasteiger partial charge >= 0.3 is 11.9 Å². The predicted molar refractivity (Wildman–Crippen MR) is 115 cm³/mol. The largest absolute Gasteiger partial charge is 0.463 e. The molecule has 0 bridgehead atoms. The summed E-state index contributed by atoms with van der Waals surface area (Å²) in [5, 5.41) is 0. The second-order valence-electron chi connectivity index (χ2n) is 7.35. The molecular formula is C23H44O6. The minimum atomic E-state index is -0.153. The summed E-state index contributed by atoms with van der Waals surface area (Å²) in [6.07, 6.45) is 13.6. The lowest BCUT2D eigenvalue weighted by Gasteiger charge is -2.08. The van der Waals surface area contributed by atoms with Crippen molar-refractivity contribution < 1.29 is 28.5 Å². The number of hydrogen-bond acceptors (Lipinski definition) is 6. The molecule has 172 valence electrons. The number of rotatable bonds is 22. The molecule has 29 heavy (non-hydrogen) atoms. The van der Waals surface area contributed by atoms with Crippen LogP contribution >= 0.6 is 0 Å². The Hall–Kier alpha value is -1.14. The van der Waals surface area contributed by atoms with Crippen molar-refractivity contribution in [1.29, 1.82) is 0 Å². The lowest BCUT2D eigenvalue weighted by atomic mass is 10.1. The molecule has 0 spiro atoms. The van der Waals surface area contributed by atoms with Gasteiger partial charge < -0.3 is 18.9 Å². The van der Waals surface area contributed by atoms with Crippen LogP contribution in [0.1, 0.15) is 97.3 Å². The molecule has 0 radical (unpaired) electrons. The van der Waals surface area contributed by atoms with Gasteiger partial charge in [0, 0.05) is 12.8 Å². The molecule has 6 heteroatoms. The first-order valence-corrected chi connectivity index (χ1v) is 11.7. The first-order chi connectivity index (χ1) is 14.2. The fourth-order valence-corrected chi connectivity index (χ4v) is 2.82. The van der Waals surface area contributed by atoms with Gasteiger partial charge in [0.1, 0.15) is 13.2 Å². The third-order valence-corrected chi connectivity index (χ3v) is 4.57. The van der Waals surface area contributed by atoms with E-state index in [1.54, 1.807) is 0 Å². The Kier molecular flexibility index (Phi) is 22.2. The van der Waals surface area contributed by atoms with Gasteiger partial charge in [0.25, 0.3) is 0 Å². The quantitative estimate of drug-likeness (QED) is 0.178. The average molecular weight is 417 g/mol. The predicted octanol–water partition coefficient (Wildman–Crippen LogP) is 5.22. The number of ether oxygens (including phenoxy) is 4. The Morgan fingerprint density at radius 1 is 0.483 bits per heavy atom. The molecule has 0 N–H and O–H groups in total. The molecule has 0 aromatic carbocycles. The van der Waals surface area contributed by atoms with E-state index < -0.39 is 0 Å². The van der Waals surface area contributed by atoms with E-state index in [-0.39, 0.29) is 25.2 Å². The van der Waals surface area contributed by atoms with Gasteiger partial charge in [0.15, 0.2) is 0 Å². The van der Waals surface area contributed by atoms with Crippen molar-refractivity contribution in [2.45, 2.75) is 97.3 Å². The lowest BCUT2D eigenvalue weighted by Crippen LogP contribution is -2.15. The highest BCUT2D eigenvalue weighted by Gasteiger charge is 2.03. The highest BCUT2D eigenvalue weighted by molar-refractivity contribution is 5.69. The molecule has 0 unspecified atom stereocenters. The van der Waals surface area contributed by atoms with Crippen molar-refractivity contribution in [3.05, 3.63) is 0 Å². The molecule has 0 aliphatic heterocycles. The number of carbonyl (C=O) groups is 2. The van der Waals surface area contributed by atoms with Gasteiger partial charge in [-0.1, -0.05) is 71.6 Å². The first kappa shape index (κ1) is 27.9. The maximum Gasteiger partial charge on any atom is 0.305 e. The average Bonchev–Trinajstić information content (AvgIpc) is 2.72. The zero-order chi connectivity index (χ0) is 21.4. The first-order valence-electron chi connectivity index (χ1n) is 11.7. The topological polar surface area (TPSA) is 71.1 Å². The van der Waals surface area contributed by atoms with E-state index in [9.17, 15) is 9.59 Å². The van der Waals surface area contributed by atoms with Gasteiger partial charge in [0.05, 0.1) is 26.4 Å². The molecule has 0 heterocycles. The molecule has 0 aliphatic carbocycles. The molecule has 0 aromatic heterocycles. The Morgan fingerprint density at radius 2 is 0.828 bits per heavy atom. The van der Waals surface area contributed by atoms with E-state index in [1.165, 1.54) is 32.1 Å². The Morgan fingerprint density at radius 3 is 1.28 bits per heavy atom. The van der Waals surface area contributed by atoms with Crippen molar-refractivity contribution in [3.8, 4) is 0 Å². The van der Waals surface area contributed by atoms with Crippen LogP contribution in [-0.4, -0.2) is 51.6 Å². The summed E-state index contributed by atoms with van der Waals surface area (Å²) in [6.45, 7) is 6.53. The fourth-order valence-electron chi connectivity index (χ4n) is 2.82. The highest BCUT2D eigenvalue weighted by atomic mass is 16.6. The summed E-state index contributed by atoms with van der Waals surface area (Å²) in [6, 6.07) is 0. The summed E-state index contributed by atoms with van der Waals surface area (Å²) in [7, 11) is 0. The third kappa shape index (κ3) is 23.0. The van der Waals surface area contributed by atoms with E-state index in [1.807, 2.05) is 0 Å². The van der Waals surface area contributed by atoms with Crippen LogP contribution in [0.25, 0.3) is 0 Å². The van der Waals surface area contributed by atoms with Crippen molar-refractivity contribution >= 4 is 11.9 Å². The van der Waals surface area contributed by atoms with Crippen LogP contribution in [0, 0.1) is 0 Å². The number of esters is 2. The van der Waals surface area contributed by atoms with Gasteiger partial charge in [-0.25, -0.2) is 0 Å². The molecule has 0 rings (SSSR count). The van der Waals surface area contributed by atoms with Gasteiger partial charge in [-0.05, 0) is 12.8 Å². The molecule has 0 amide bonds. The summed E-state index contributed by atoms with van der Waals surface area (Å²) in [4.78, 5) is 23.1. The molecule has 0 aromatic rings. The molecule has 0 atom stereocenters. The van der Waals surface area contributed by atoms with Gasteiger partial charge in [-0.15, -0.1) is 0 Å².